The van der Waals surface area contributed by atoms with Gasteiger partial charge in [0.1, 0.15) is 5.82 Å². The van der Waals surface area contributed by atoms with Crippen molar-refractivity contribution in [2.24, 2.45) is 5.92 Å². The maximum atomic E-state index is 4.88. The van der Waals surface area contributed by atoms with Crippen LogP contribution in [0.5, 0.6) is 0 Å². The molecule has 0 aromatic carbocycles. The van der Waals surface area contributed by atoms with Crippen molar-refractivity contribution in [3.05, 3.63) is 23.4 Å². The summed E-state index contributed by atoms with van der Waals surface area (Å²) in [6.07, 6.45) is 1.17. The molecule has 0 radical (unpaired) electrons. The van der Waals surface area contributed by atoms with Crippen LogP contribution in [0.2, 0.25) is 0 Å². The molecule has 0 bridgehead atoms. The molecular weight excluding hydrogens is 258 g/mol. The SMILES string of the molecule is CCCNCc1cc(C(C)C)nc(N(CC)CC(C)C)c1. The fraction of sp³-hybridized carbons (Fsp3) is 0.722. The van der Waals surface area contributed by atoms with E-state index >= 15 is 0 Å². The zero-order valence-electron chi connectivity index (χ0n) is 14.7. The fourth-order valence-corrected chi connectivity index (χ4v) is 2.39. The number of aromatic nitrogens is 1. The van der Waals surface area contributed by atoms with Crippen LogP contribution in [0.3, 0.4) is 0 Å². The predicted molar refractivity (Wildman–Crippen MR) is 93.0 cm³/mol. The molecule has 0 aliphatic heterocycles. The molecule has 0 spiro atoms. The van der Waals surface area contributed by atoms with Crippen LogP contribution in [0.4, 0.5) is 5.82 Å². The van der Waals surface area contributed by atoms with E-state index in [0.29, 0.717) is 11.8 Å². The Hall–Kier alpha value is -1.09. The van der Waals surface area contributed by atoms with Crippen molar-refractivity contribution < 1.29 is 0 Å². The lowest BCUT2D eigenvalue weighted by Gasteiger charge is -2.25. The van der Waals surface area contributed by atoms with Gasteiger partial charge in [0, 0.05) is 25.3 Å². The van der Waals surface area contributed by atoms with Gasteiger partial charge in [-0.25, -0.2) is 4.98 Å². The summed E-state index contributed by atoms with van der Waals surface area (Å²) in [6.45, 7) is 17.4. The summed E-state index contributed by atoms with van der Waals surface area (Å²) in [6, 6.07) is 4.50. The molecule has 3 heteroatoms. The van der Waals surface area contributed by atoms with E-state index in [1.165, 1.54) is 17.7 Å². The largest absolute Gasteiger partial charge is 0.357 e. The van der Waals surface area contributed by atoms with Crippen LogP contribution in [-0.2, 0) is 6.54 Å². The minimum atomic E-state index is 0.465. The second-order valence-corrected chi connectivity index (χ2v) is 6.52. The second kappa shape index (κ2) is 9.04. The molecule has 0 aliphatic rings. The van der Waals surface area contributed by atoms with Crippen LogP contribution in [-0.4, -0.2) is 24.6 Å². The first kappa shape index (κ1) is 18.0. The van der Waals surface area contributed by atoms with Crippen molar-refractivity contribution in [1.82, 2.24) is 10.3 Å². The monoisotopic (exact) mass is 291 g/mol. The molecule has 0 saturated carbocycles. The molecule has 0 atom stereocenters. The third-order valence-electron chi connectivity index (χ3n) is 3.53. The number of hydrogen-bond donors (Lipinski definition) is 1. The molecule has 120 valence electrons. The lowest BCUT2D eigenvalue weighted by Crippen LogP contribution is -2.28. The molecule has 1 aromatic heterocycles. The molecule has 0 unspecified atom stereocenters. The Kier molecular flexibility index (Phi) is 7.73. The van der Waals surface area contributed by atoms with Crippen molar-refractivity contribution in [3.8, 4) is 0 Å². The summed E-state index contributed by atoms with van der Waals surface area (Å²) >= 11 is 0. The van der Waals surface area contributed by atoms with Gasteiger partial charge in [-0.05, 0) is 49.4 Å². The maximum absolute atomic E-state index is 4.88. The molecule has 1 heterocycles. The van der Waals surface area contributed by atoms with Gasteiger partial charge >= 0.3 is 0 Å². The van der Waals surface area contributed by atoms with Gasteiger partial charge in [0.2, 0.25) is 0 Å². The molecule has 1 N–H and O–H groups in total. The summed E-state index contributed by atoms with van der Waals surface area (Å²) in [5.74, 6) is 2.24. The number of nitrogens with zero attached hydrogens (tertiary/aromatic N) is 2. The van der Waals surface area contributed by atoms with Crippen LogP contribution in [0, 0.1) is 5.92 Å². The quantitative estimate of drug-likeness (QED) is 0.692. The normalized spacial score (nSPS) is 11.4. The molecule has 1 rings (SSSR count). The van der Waals surface area contributed by atoms with Gasteiger partial charge in [0.05, 0.1) is 0 Å². The highest BCUT2D eigenvalue weighted by Crippen LogP contribution is 2.21. The van der Waals surface area contributed by atoms with Crippen LogP contribution in [0.25, 0.3) is 0 Å². The molecule has 0 saturated heterocycles. The molecule has 1 aromatic rings. The summed E-state index contributed by atoms with van der Waals surface area (Å²) in [4.78, 5) is 7.27. The van der Waals surface area contributed by atoms with Gasteiger partial charge in [0.25, 0.3) is 0 Å². The minimum Gasteiger partial charge on any atom is -0.357 e. The molecule has 0 amide bonds. The van der Waals surface area contributed by atoms with Crippen molar-refractivity contribution in [2.75, 3.05) is 24.5 Å². The van der Waals surface area contributed by atoms with Crippen LogP contribution in [0.1, 0.15) is 65.1 Å². The summed E-state index contributed by atoms with van der Waals surface area (Å²) in [5, 5.41) is 3.50. The van der Waals surface area contributed by atoms with E-state index in [-0.39, 0.29) is 0 Å². The van der Waals surface area contributed by atoms with E-state index in [4.69, 9.17) is 4.98 Å². The lowest BCUT2D eigenvalue weighted by molar-refractivity contribution is 0.611. The number of pyridine rings is 1. The first-order valence-electron chi connectivity index (χ1n) is 8.44. The zero-order chi connectivity index (χ0) is 15.8. The van der Waals surface area contributed by atoms with Crippen molar-refractivity contribution in [1.29, 1.82) is 0 Å². The van der Waals surface area contributed by atoms with Gasteiger partial charge < -0.3 is 10.2 Å². The molecule has 0 fully saturated rings. The minimum absolute atomic E-state index is 0.465. The highest BCUT2D eigenvalue weighted by molar-refractivity contribution is 5.43. The number of anilines is 1. The predicted octanol–water partition coefficient (Wildman–Crippen LogP) is 4.19. The highest BCUT2D eigenvalue weighted by Gasteiger charge is 2.12. The van der Waals surface area contributed by atoms with Crippen LogP contribution in [0.15, 0.2) is 12.1 Å². The Bertz CT molecular complexity index is 413. The molecule has 3 nitrogen and oxygen atoms in total. The summed E-state index contributed by atoms with van der Waals surface area (Å²) in [5.41, 5.74) is 2.54. The second-order valence-electron chi connectivity index (χ2n) is 6.52. The Labute approximate surface area is 131 Å². The third kappa shape index (κ3) is 6.04. The Morgan fingerprint density at radius 1 is 1.14 bits per heavy atom. The number of nitrogens with one attached hydrogen (secondary N) is 1. The van der Waals surface area contributed by atoms with E-state index in [1.54, 1.807) is 0 Å². The van der Waals surface area contributed by atoms with Gasteiger partial charge in [0.15, 0.2) is 0 Å². The molecule has 0 aliphatic carbocycles. The first-order chi connectivity index (χ1) is 9.97. The van der Waals surface area contributed by atoms with Crippen molar-refractivity contribution in [2.45, 2.75) is 60.4 Å². The summed E-state index contributed by atoms with van der Waals surface area (Å²) in [7, 11) is 0. The van der Waals surface area contributed by atoms with E-state index in [0.717, 1.165) is 32.0 Å². The van der Waals surface area contributed by atoms with Crippen LogP contribution >= 0.6 is 0 Å². The fourth-order valence-electron chi connectivity index (χ4n) is 2.39. The molecular formula is C18H33N3. The van der Waals surface area contributed by atoms with Crippen molar-refractivity contribution >= 4 is 5.82 Å². The first-order valence-corrected chi connectivity index (χ1v) is 8.44. The zero-order valence-corrected chi connectivity index (χ0v) is 14.7. The van der Waals surface area contributed by atoms with Gasteiger partial charge in [-0.3, -0.25) is 0 Å². The average Bonchev–Trinajstić information content (AvgIpc) is 2.44. The van der Waals surface area contributed by atoms with E-state index in [2.05, 4.69) is 63.9 Å². The standard InChI is InChI=1S/C18H33N3/c1-7-9-19-12-16-10-17(15(5)6)20-18(11-16)21(8-2)13-14(3)4/h10-11,14-15,19H,7-9,12-13H2,1-6H3. The van der Waals surface area contributed by atoms with E-state index in [9.17, 15) is 0 Å². The van der Waals surface area contributed by atoms with E-state index < -0.39 is 0 Å². The Morgan fingerprint density at radius 2 is 1.86 bits per heavy atom. The molecule has 21 heavy (non-hydrogen) atoms. The maximum Gasteiger partial charge on any atom is 0.129 e. The summed E-state index contributed by atoms with van der Waals surface area (Å²) < 4.78 is 0. The number of rotatable bonds is 9. The van der Waals surface area contributed by atoms with Gasteiger partial charge in [-0.15, -0.1) is 0 Å². The van der Waals surface area contributed by atoms with Gasteiger partial charge in [-0.1, -0.05) is 34.6 Å². The van der Waals surface area contributed by atoms with Crippen molar-refractivity contribution in [3.63, 3.8) is 0 Å². The third-order valence-corrected chi connectivity index (χ3v) is 3.53. The van der Waals surface area contributed by atoms with Gasteiger partial charge in [-0.2, -0.15) is 0 Å². The van der Waals surface area contributed by atoms with Crippen LogP contribution < -0.4 is 10.2 Å². The smallest absolute Gasteiger partial charge is 0.129 e. The highest BCUT2D eigenvalue weighted by atomic mass is 15.2. The lowest BCUT2D eigenvalue weighted by atomic mass is 10.1. The topological polar surface area (TPSA) is 28.2 Å². The average molecular weight is 291 g/mol. The Morgan fingerprint density at radius 3 is 2.38 bits per heavy atom. The van der Waals surface area contributed by atoms with E-state index in [1.807, 2.05) is 0 Å². The number of hydrogen-bond acceptors (Lipinski definition) is 3. The Balaban J connectivity index is 2.99.